The molecule has 1 aromatic rings. The molecule has 1 aromatic heterocycles. The van der Waals surface area contributed by atoms with Gasteiger partial charge in [-0.25, -0.2) is 0 Å². The van der Waals surface area contributed by atoms with Crippen molar-refractivity contribution in [2.24, 2.45) is 0 Å². The van der Waals surface area contributed by atoms with E-state index < -0.39 is 6.10 Å². The number of aliphatic hydroxyl groups is 1. The lowest BCUT2D eigenvalue weighted by Crippen LogP contribution is -2.36. The first-order chi connectivity index (χ1) is 8.58. The normalized spacial score (nSPS) is 12.4. The highest BCUT2D eigenvalue weighted by atomic mass is 16.5. The Morgan fingerprint density at radius 2 is 2.28 bits per heavy atom. The van der Waals surface area contributed by atoms with Gasteiger partial charge in [0.1, 0.15) is 6.61 Å². The predicted octanol–water partition coefficient (Wildman–Crippen LogP) is -0.0997. The van der Waals surface area contributed by atoms with Gasteiger partial charge in [0.05, 0.1) is 12.7 Å². The molecule has 0 saturated carbocycles. The molecule has 102 valence electrons. The van der Waals surface area contributed by atoms with Crippen LogP contribution in [0.25, 0.3) is 0 Å². The molecule has 0 aliphatic heterocycles. The lowest BCUT2D eigenvalue weighted by Gasteiger charge is -2.19. The highest BCUT2D eigenvalue weighted by molar-refractivity contribution is 5.92. The van der Waals surface area contributed by atoms with Crippen LogP contribution in [0.1, 0.15) is 16.2 Å². The third kappa shape index (κ3) is 4.10. The summed E-state index contributed by atoms with van der Waals surface area (Å²) in [6.07, 6.45) is -0.728. The van der Waals surface area contributed by atoms with Crippen LogP contribution in [-0.2, 0) is 16.1 Å². The second kappa shape index (κ2) is 7.10. The Labute approximate surface area is 105 Å². The topological polar surface area (TPSA) is 85.0 Å². The summed E-state index contributed by atoms with van der Waals surface area (Å²) in [5, 5.41) is 13.2. The maximum Gasteiger partial charge on any atom is 0.275 e. The highest BCUT2D eigenvalue weighted by Gasteiger charge is 2.19. The number of carbonyl (C=O) groups is 1. The quantitative estimate of drug-likeness (QED) is 0.735. The van der Waals surface area contributed by atoms with E-state index in [1.165, 1.54) is 25.2 Å². The monoisotopic (exact) mass is 258 g/mol. The highest BCUT2D eigenvalue weighted by Crippen LogP contribution is 2.07. The van der Waals surface area contributed by atoms with E-state index in [2.05, 4.69) is 5.16 Å². The van der Waals surface area contributed by atoms with Gasteiger partial charge in [0.15, 0.2) is 11.5 Å². The third-order valence-electron chi connectivity index (χ3n) is 2.26. The molecule has 0 aromatic carbocycles. The summed E-state index contributed by atoms with van der Waals surface area (Å²) < 4.78 is 14.6. The zero-order chi connectivity index (χ0) is 13.5. The van der Waals surface area contributed by atoms with Crippen LogP contribution in [0.4, 0.5) is 0 Å². The number of methoxy groups -OCH3 is 2. The summed E-state index contributed by atoms with van der Waals surface area (Å²) in [6, 6.07) is 1.52. The van der Waals surface area contributed by atoms with Crippen molar-refractivity contribution in [3.63, 3.8) is 0 Å². The van der Waals surface area contributed by atoms with Gasteiger partial charge in [-0.3, -0.25) is 4.79 Å². The van der Waals surface area contributed by atoms with Crippen LogP contribution < -0.4 is 0 Å². The summed E-state index contributed by atoms with van der Waals surface area (Å²) >= 11 is 0. The Kier molecular flexibility index (Phi) is 5.76. The van der Waals surface area contributed by atoms with Crippen molar-refractivity contribution in [3.8, 4) is 0 Å². The van der Waals surface area contributed by atoms with Crippen LogP contribution in [0.2, 0.25) is 0 Å². The van der Waals surface area contributed by atoms with E-state index >= 15 is 0 Å². The van der Waals surface area contributed by atoms with Gasteiger partial charge in [0.2, 0.25) is 0 Å². The van der Waals surface area contributed by atoms with E-state index in [9.17, 15) is 9.90 Å². The smallest absolute Gasteiger partial charge is 0.275 e. The van der Waals surface area contributed by atoms with Crippen LogP contribution >= 0.6 is 0 Å². The van der Waals surface area contributed by atoms with Crippen molar-refractivity contribution in [1.82, 2.24) is 10.1 Å². The Balaban J connectivity index is 2.56. The van der Waals surface area contributed by atoms with Crippen LogP contribution in [0.5, 0.6) is 0 Å². The number of likely N-dealkylation sites (N-methyl/N-ethyl adjacent to an activating group) is 1. The molecule has 0 radical (unpaired) electrons. The molecule has 1 rings (SSSR count). The summed E-state index contributed by atoms with van der Waals surface area (Å²) in [7, 11) is 4.59. The number of rotatable bonds is 7. The summed E-state index contributed by atoms with van der Waals surface area (Å²) in [4.78, 5) is 13.3. The molecule has 0 fully saturated rings. The van der Waals surface area contributed by atoms with Gasteiger partial charge in [0, 0.05) is 33.9 Å². The Hall–Kier alpha value is -1.44. The van der Waals surface area contributed by atoms with Crippen LogP contribution in [0.15, 0.2) is 10.6 Å². The van der Waals surface area contributed by atoms with Gasteiger partial charge >= 0.3 is 0 Å². The van der Waals surface area contributed by atoms with Crippen LogP contribution in [0, 0.1) is 0 Å². The number of amides is 1. The molecule has 1 atom stereocenters. The molecular weight excluding hydrogens is 240 g/mol. The Morgan fingerprint density at radius 1 is 1.56 bits per heavy atom. The molecule has 1 N–H and O–H groups in total. The van der Waals surface area contributed by atoms with Crippen LogP contribution in [0.3, 0.4) is 0 Å². The number of aromatic nitrogens is 1. The first kappa shape index (κ1) is 14.6. The number of hydrogen-bond donors (Lipinski definition) is 1. The summed E-state index contributed by atoms with van der Waals surface area (Å²) in [5.41, 5.74) is 0.189. The van der Waals surface area contributed by atoms with Gasteiger partial charge in [0.25, 0.3) is 5.91 Å². The fourth-order valence-corrected chi connectivity index (χ4v) is 1.46. The van der Waals surface area contributed by atoms with Gasteiger partial charge in [-0.15, -0.1) is 0 Å². The molecule has 0 bridgehead atoms. The van der Waals surface area contributed by atoms with Gasteiger partial charge < -0.3 is 24.0 Å². The fourth-order valence-electron chi connectivity index (χ4n) is 1.46. The zero-order valence-corrected chi connectivity index (χ0v) is 10.8. The van der Waals surface area contributed by atoms with Crippen LogP contribution in [-0.4, -0.2) is 61.6 Å². The molecule has 7 heteroatoms. The molecule has 1 amide bonds. The largest absolute Gasteiger partial charge is 0.389 e. The molecular formula is C11H18N2O5. The molecule has 0 saturated heterocycles. The molecule has 0 aliphatic carbocycles. The molecule has 18 heavy (non-hydrogen) atoms. The van der Waals surface area contributed by atoms with E-state index in [1.54, 1.807) is 7.05 Å². The third-order valence-corrected chi connectivity index (χ3v) is 2.26. The molecule has 0 aliphatic rings. The second-order valence-corrected chi connectivity index (χ2v) is 3.91. The molecule has 1 unspecified atom stereocenters. The van der Waals surface area contributed by atoms with Crippen molar-refractivity contribution < 1.29 is 23.9 Å². The van der Waals surface area contributed by atoms with Crippen molar-refractivity contribution in [2.75, 3.05) is 34.4 Å². The van der Waals surface area contributed by atoms with Gasteiger partial charge in [-0.05, 0) is 0 Å². The van der Waals surface area contributed by atoms with E-state index in [1.807, 2.05) is 0 Å². The number of carbonyl (C=O) groups excluding carboxylic acids is 1. The average molecular weight is 258 g/mol. The lowest BCUT2D eigenvalue weighted by molar-refractivity contribution is 0.0376. The molecule has 7 nitrogen and oxygen atoms in total. The fraction of sp³-hybridized carbons (Fsp3) is 0.636. The second-order valence-electron chi connectivity index (χ2n) is 3.91. The molecule has 0 spiro atoms. The Bertz CT molecular complexity index is 379. The predicted molar refractivity (Wildman–Crippen MR) is 62.1 cm³/mol. The van der Waals surface area contributed by atoms with E-state index in [0.29, 0.717) is 5.76 Å². The first-order valence-corrected chi connectivity index (χ1v) is 5.45. The van der Waals surface area contributed by atoms with E-state index in [0.717, 1.165) is 0 Å². The van der Waals surface area contributed by atoms with Crippen molar-refractivity contribution >= 4 is 5.91 Å². The van der Waals surface area contributed by atoms with Crippen molar-refractivity contribution in [1.29, 1.82) is 0 Å². The van der Waals surface area contributed by atoms with Crippen molar-refractivity contribution in [3.05, 3.63) is 17.5 Å². The van der Waals surface area contributed by atoms with E-state index in [-0.39, 0.29) is 31.4 Å². The minimum Gasteiger partial charge on any atom is -0.389 e. The SMILES string of the molecule is COCc1cc(C(=O)N(C)CC(O)COC)no1. The minimum atomic E-state index is -0.728. The van der Waals surface area contributed by atoms with Crippen molar-refractivity contribution in [2.45, 2.75) is 12.7 Å². The average Bonchev–Trinajstić information content (AvgIpc) is 2.77. The number of aliphatic hydroxyl groups excluding tert-OH is 1. The van der Waals surface area contributed by atoms with E-state index in [4.69, 9.17) is 14.0 Å². The minimum absolute atomic E-state index is 0.166. The zero-order valence-electron chi connectivity index (χ0n) is 10.8. The summed E-state index contributed by atoms with van der Waals surface area (Å²) in [6.45, 7) is 0.598. The summed E-state index contributed by atoms with van der Waals surface area (Å²) in [5.74, 6) is 0.156. The number of nitrogens with zero attached hydrogens (tertiary/aromatic N) is 2. The lowest BCUT2D eigenvalue weighted by atomic mass is 10.3. The van der Waals surface area contributed by atoms with Gasteiger partial charge in [-0.1, -0.05) is 5.16 Å². The number of hydrogen-bond acceptors (Lipinski definition) is 6. The maximum absolute atomic E-state index is 11.9. The van der Waals surface area contributed by atoms with Gasteiger partial charge in [-0.2, -0.15) is 0 Å². The maximum atomic E-state index is 11.9. The Morgan fingerprint density at radius 3 is 2.89 bits per heavy atom. The number of ether oxygens (including phenoxy) is 2. The first-order valence-electron chi connectivity index (χ1n) is 5.45. The molecule has 1 heterocycles. The standard InChI is InChI=1S/C11H18N2O5/c1-13(5-8(14)6-16-2)11(15)10-4-9(7-17-3)18-12-10/h4,8,14H,5-7H2,1-3H3.